The van der Waals surface area contributed by atoms with E-state index in [9.17, 15) is 31.4 Å². The minimum atomic E-state index is -5.60. The molecule has 1 atom stereocenters. The van der Waals surface area contributed by atoms with Crippen molar-refractivity contribution in [2.75, 3.05) is 0 Å². The Balaban J connectivity index is 3.34. The Bertz CT molecular complexity index is 483. The monoisotopic (exact) mass is 428 g/mol. The van der Waals surface area contributed by atoms with Crippen LogP contribution in [0.1, 0.15) is 17.2 Å². The molecule has 0 saturated carbocycles. The lowest BCUT2D eigenvalue weighted by atomic mass is 9.94. The van der Waals surface area contributed by atoms with Gasteiger partial charge < -0.3 is 5.11 Å². The van der Waals surface area contributed by atoms with Crippen molar-refractivity contribution in [2.45, 2.75) is 25.4 Å². The molecule has 0 aromatic heterocycles. The highest BCUT2D eigenvalue weighted by Gasteiger charge is 2.60. The van der Waals surface area contributed by atoms with Crippen molar-refractivity contribution in [3.8, 4) is 0 Å². The van der Waals surface area contributed by atoms with E-state index in [0.29, 0.717) is 10.0 Å². The molecule has 0 aliphatic rings. The van der Waals surface area contributed by atoms with Crippen molar-refractivity contribution < 1.29 is 31.4 Å². The van der Waals surface area contributed by atoms with Gasteiger partial charge in [-0.05, 0) is 30.2 Å². The van der Waals surface area contributed by atoms with Gasteiger partial charge in [0.1, 0.15) is 6.10 Å². The number of halogens is 8. The van der Waals surface area contributed by atoms with Crippen LogP contribution < -0.4 is 0 Å². The van der Waals surface area contributed by atoms with E-state index in [1.54, 1.807) is 6.92 Å². The minimum absolute atomic E-state index is 0.0239. The fourth-order valence-corrected chi connectivity index (χ4v) is 2.66. The summed E-state index contributed by atoms with van der Waals surface area (Å²) in [5.74, 6) is -3.85. The van der Waals surface area contributed by atoms with Crippen LogP contribution in [-0.2, 0) is 0 Å². The summed E-state index contributed by atoms with van der Waals surface area (Å²) in [5, 5.41) is 9.56. The first-order chi connectivity index (χ1) is 8.85. The summed E-state index contributed by atoms with van der Waals surface area (Å²) in [6.45, 7) is 1.61. The standard InChI is InChI=1S/C11H8Br2F6O/c1-4-2-7(13)5(3-6(4)12)8(20)9(10(14,15)16)11(17,18)19/h2-3,8-9,20H,1H3. The maximum absolute atomic E-state index is 12.6. The van der Waals surface area contributed by atoms with Gasteiger partial charge in [0.15, 0.2) is 5.92 Å². The van der Waals surface area contributed by atoms with Gasteiger partial charge in [-0.15, -0.1) is 0 Å². The van der Waals surface area contributed by atoms with E-state index in [1.807, 2.05) is 0 Å². The molecule has 0 saturated heterocycles. The molecule has 20 heavy (non-hydrogen) atoms. The topological polar surface area (TPSA) is 20.2 Å². The van der Waals surface area contributed by atoms with Gasteiger partial charge in [0.25, 0.3) is 0 Å². The van der Waals surface area contributed by atoms with Crippen LogP contribution in [0, 0.1) is 12.8 Å². The second-order valence-electron chi connectivity index (χ2n) is 4.13. The fourth-order valence-electron chi connectivity index (χ4n) is 1.61. The Morgan fingerprint density at radius 2 is 1.40 bits per heavy atom. The first-order valence-corrected chi connectivity index (χ1v) is 6.71. The number of rotatable bonds is 2. The Labute approximate surface area is 127 Å². The van der Waals surface area contributed by atoms with Crippen molar-refractivity contribution in [3.63, 3.8) is 0 Å². The first kappa shape index (κ1) is 17.8. The molecule has 0 heterocycles. The number of benzene rings is 1. The molecule has 0 radical (unpaired) electrons. The zero-order chi connectivity index (χ0) is 15.9. The second-order valence-corrected chi connectivity index (χ2v) is 5.84. The van der Waals surface area contributed by atoms with Crippen LogP contribution in [0.5, 0.6) is 0 Å². The molecule has 0 aliphatic carbocycles. The van der Waals surface area contributed by atoms with E-state index in [0.717, 1.165) is 6.07 Å². The van der Waals surface area contributed by atoms with E-state index in [4.69, 9.17) is 0 Å². The third-order valence-electron chi connectivity index (χ3n) is 2.62. The molecule has 1 aromatic rings. The molecule has 1 nitrogen and oxygen atoms in total. The van der Waals surface area contributed by atoms with Gasteiger partial charge in [0.2, 0.25) is 0 Å². The lowest BCUT2D eigenvalue weighted by Gasteiger charge is -2.28. The molecule has 0 fully saturated rings. The smallest absolute Gasteiger partial charge is 0.387 e. The number of hydrogen-bond donors (Lipinski definition) is 1. The van der Waals surface area contributed by atoms with Gasteiger partial charge in [-0.1, -0.05) is 31.9 Å². The van der Waals surface area contributed by atoms with Crippen LogP contribution in [0.3, 0.4) is 0 Å². The lowest BCUT2D eigenvalue weighted by molar-refractivity contribution is -0.307. The van der Waals surface area contributed by atoms with E-state index in [1.165, 1.54) is 6.07 Å². The molecule has 0 spiro atoms. The van der Waals surface area contributed by atoms with Crippen molar-refractivity contribution in [1.82, 2.24) is 0 Å². The summed E-state index contributed by atoms with van der Waals surface area (Å²) >= 11 is 5.87. The summed E-state index contributed by atoms with van der Waals surface area (Å²) in [4.78, 5) is 0. The van der Waals surface area contributed by atoms with Crippen LogP contribution in [0.2, 0.25) is 0 Å². The van der Waals surface area contributed by atoms with Crippen molar-refractivity contribution in [1.29, 1.82) is 0 Å². The average molecular weight is 430 g/mol. The predicted molar refractivity (Wildman–Crippen MR) is 67.1 cm³/mol. The Hall–Kier alpha value is -0.280. The average Bonchev–Trinajstić information content (AvgIpc) is 2.18. The molecular weight excluding hydrogens is 422 g/mol. The molecule has 1 N–H and O–H groups in total. The molecule has 114 valence electrons. The highest BCUT2D eigenvalue weighted by Crippen LogP contribution is 2.48. The minimum Gasteiger partial charge on any atom is -0.387 e. The normalized spacial score (nSPS) is 14.8. The van der Waals surface area contributed by atoms with Gasteiger partial charge in [0.05, 0.1) is 0 Å². The van der Waals surface area contributed by atoms with Gasteiger partial charge >= 0.3 is 12.4 Å². The summed E-state index contributed by atoms with van der Waals surface area (Å²) in [5.41, 5.74) is 0.116. The quantitative estimate of drug-likeness (QED) is 0.633. The number of aliphatic hydroxyl groups excluding tert-OH is 1. The number of aryl methyl sites for hydroxylation is 1. The van der Waals surface area contributed by atoms with Crippen LogP contribution in [0.25, 0.3) is 0 Å². The summed E-state index contributed by atoms with van der Waals surface area (Å²) in [6.07, 6.45) is -14.0. The van der Waals surface area contributed by atoms with Gasteiger partial charge in [-0.3, -0.25) is 0 Å². The number of hydrogen-bond acceptors (Lipinski definition) is 1. The molecule has 1 unspecified atom stereocenters. The predicted octanol–water partition coefficient (Wildman–Crippen LogP) is 5.29. The molecule has 0 aliphatic heterocycles. The van der Waals surface area contributed by atoms with E-state index < -0.39 is 29.9 Å². The molecule has 0 amide bonds. The highest BCUT2D eigenvalue weighted by molar-refractivity contribution is 9.11. The van der Waals surface area contributed by atoms with Crippen molar-refractivity contribution in [3.05, 3.63) is 32.2 Å². The Morgan fingerprint density at radius 3 is 1.80 bits per heavy atom. The third kappa shape index (κ3) is 3.88. The van der Waals surface area contributed by atoms with Crippen molar-refractivity contribution in [2.24, 2.45) is 5.92 Å². The zero-order valence-corrected chi connectivity index (χ0v) is 13.0. The van der Waals surface area contributed by atoms with Crippen LogP contribution in [0.4, 0.5) is 26.3 Å². The van der Waals surface area contributed by atoms with E-state index in [2.05, 4.69) is 31.9 Å². The summed E-state index contributed by atoms with van der Waals surface area (Å²) in [7, 11) is 0. The summed E-state index contributed by atoms with van der Waals surface area (Å²) in [6, 6.07) is 2.36. The van der Waals surface area contributed by atoms with Gasteiger partial charge in [-0.2, -0.15) is 26.3 Å². The number of alkyl halides is 6. The maximum Gasteiger partial charge on any atom is 0.403 e. The zero-order valence-electron chi connectivity index (χ0n) is 9.78. The van der Waals surface area contributed by atoms with Gasteiger partial charge in [0, 0.05) is 8.95 Å². The molecule has 1 rings (SSSR count). The molecule has 0 bridgehead atoms. The van der Waals surface area contributed by atoms with Crippen molar-refractivity contribution >= 4 is 31.9 Å². The second kappa shape index (κ2) is 5.84. The lowest BCUT2D eigenvalue weighted by Crippen LogP contribution is -2.41. The van der Waals surface area contributed by atoms with Crippen LogP contribution >= 0.6 is 31.9 Å². The Kier molecular flexibility index (Phi) is 5.19. The fraction of sp³-hybridized carbons (Fsp3) is 0.455. The highest BCUT2D eigenvalue weighted by atomic mass is 79.9. The summed E-state index contributed by atoms with van der Waals surface area (Å²) < 4.78 is 75.6. The van der Waals surface area contributed by atoms with E-state index in [-0.39, 0.29) is 4.47 Å². The first-order valence-electron chi connectivity index (χ1n) is 5.12. The molecular formula is C11H8Br2F6O. The van der Waals surface area contributed by atoms with Crippen LogP contribution in [-0.4, -0.2) is 17.5 Å². The van der Waals surface area contributed by atoms with Crippen LogP contribution in [0.15, 0.2) is 21.1 Å². The SMILES string of the molecule is Cc1cc(Br)c(C(O)C(C(F)(F)F)C(F)(F)F)cc1Br. The third-order valence-corrected chi connectivity index (χ3v) is 4.16. The molecule has 1 aromatic carbocycles. The van der Waals surface area contributed by atoms with E-state index >= 15 is 0 Å². The Morgan fingerprint density at radius 1 is 0.950 bits per heavy atom. The van der Waals surface area contributed by atoms with Gasteiger partial charge in [-0.25, -0.2) is 0 Å². The molecule has 9 heteroatoms. The maximum atomic E-state index is 12.6. The number of aliphatic hydroxyl groups is 1. The largest absolute Gasteiger partial charge is 0.403 e.